The first kappa shape index (κ1) is 13.4. The molecule has 0 atom stereocenters. The first-order valence-corrected chi connectivity index (χ1v) is 5.79. The Morgan fingerprint density at radius 3 is 2.80 bits per heavy atom. The lowest BCUT2D eigenvalue weighted by Crippen LogP contribution is -1.96. The number of rotatable bonds is 4. The van der Waals surface area contributed by atoms with Gasteiger partial charge in [-0.1, -0.05) is 30.4 Å². The van der Waals surface area contributed by atoms with Crippen LogP contribution in [0.25, 0.3) is 6.08 Å². The summed E-state index contributed by atoms with van der Waals surface area (Å²) in [4.78, 5) is 10.6. The van der Waals surface area contributed by atoms with E-state index in [2.05, 4.69) is 0 Å². The Bertz CT molecular complexity index is 650. The molecule has 20 heavy (non-hydrogen) atoms. The fourth-order valence-corrected chi connectivity index (χ4v) is 1.56. The third-order valence-electron chi connectivity index (χ3n) is 2.52. The number of aliphatic carboxylic acids is 1. The second-order valence-electron chi connectivity index (χ2n) is 3.85. The summed E-state index contributed by atoms with van der Waals surface area (Å²) in [5.74, 6) is 0.186. The zero-order valence-corrected chi connectivity index (χ0v) is 10.4. The van der Waals surface area contributed by atoms with Crippen molar-refractivity contribution in [3.05, 3.63) is 53.6 Å². The topological polar surface area (TPSA) is 79.5 Å². The summed E-state index contributed by atoms with van der Waals surface area (Å²) in [7, 11) is 0. The quantitative estimate of drug-likeness (QED) is 0.516. The summed E-state index contributed by atoms with van der Waals surface area (Å²) in [6.45, 7) is 0.235. The van der Waals surface area contributed by atoms with Crippen LogP contribution in [0, 0.1) is 11.3 Å². The molecular weight excluding hydrogens is 258 g/mol. The van der Waals surface area contributed by atoms with Crippen LogP contribution in [0.15, 0.2) is 48.1 Å². The summed E-state index contributed by atoms with van der Waals surface area (Å²) < 4.78 is 10.5. The van der Waals surface area contributed by atoms with Crippen molar-refractivity contribution < 1.29 is 19.4 Å². The van der Waals surface area contributed by atoms with Gasteiger partial charge in [0.25, 0.3) is 0 Å². The van der Waals surface area contributed by atoms with E-state index in [1.165, 1.54) is 12.2 Å². The van der Waals surface area contributed by atoms with Crippen molar-refractivity contribution in [3.8, 4) is 17.6 Å². The van der Waals surface area contributed by atoms with Gasteiger partial charge in [0.15, 0.2) is 11.5 Å². The van der Waals surface area contributed by atoms with Gasteiger partial charge in [-0.25, -0.2) is 4.79 Å². The summed E-state index contributed by atoms with van der Waals surface area (Å²) in [5, 5.41) is 17.2. The number of nitrogens with zero attached hydrogens (tertiary/aromatic N) is 1. The second-order valence-corrected chi connectivity index (χ2v) is 3.85. The molecule has 0 saturated heterocycles. The van der Waals surface area contributed by atoms with Gasteiger partial charge in [0.05, 0.1) is 0 Å². The molecule has 0 radical (unpaired) electrons. The van der Waals surface area contributed by atoms with Crippen LogP contribution in [0.5, 0.6) is 11.5 Å². The maximum atomic E-state index is 10.6. The van der Waals surface area contributed by atoms with Gasteiger partial charge < -0.3 is 14.6 Å². The van der Waals surface area contributed by atoms with Gasteiger partial charge >= 0.3 is 5.97 Å². The molecule has 5 heteroatoms. The van der Waals surface area contributed by atoms with Crippen LogP contribution in [0.4, 0.5) is 0 Å². The molecule has 0 aromatic heterocycles. The van der Waals surface area contributed by atoms with E-state index in [1.54, 1.807) is 18.2 Å². The highest BCUT2D eigenvalue weighted by molar-refractivity contribution is 5.91. The average Bonchev–Trinajstić information content (AvgIpc) is 2.89. The SMILES string of the molecule is N#CC(=CC=CC=Cc1ccc2c(c1)OCO2)C(=O)O. The maximum absolute atomic E-state index is 10.6. The number of carboxylic acid groups (broad SMARTS) is 1. The number of ether oxygens (including phenoxy) is 2. The van der Waals surface area contributed by atoms with Crippen molar-refractivity contribution >= 4 is 12.0 Å². The smallest absolute Gasteiger partial charge is 0.346 e. The van der Waals surface area contributed by atoms with Crippen LogP contribution < -0.4 is 9.47 Å². The van der Waals surface area contributed by atoms with Gasteiger partial charge in [-0.05, 0) is 23.8 Å². The average molecular weight is 269 g/mol. The molecular formula is C15H11NO4. The summed E-state index contributed by atoms with van der Waals surface area (Å²) in [6, 6.07) is 7.15. The zero-order chi connectivity index (χ0) is 14.4. The molecule has 0 saturated carbocycles. The minimum absolute atomic E-state index is 0.235. The van der Waals surface area contributed by atoms with Crippen LogP contribution in [0.1, 0.15) is 5.56 Å². The van der Waals surface area contributed by atoms with E-state index in [1.807, 2.05) is 24.3 Å². The highest BCUT2D eigenvalue weighted by atomic mass is 16.7. The molecule has 0 aliphatic carbocycles. The molecule has 0 unspecified atom stereocenters. The molecule has 1 heterocycles. The molecule has 100 valence electrons. The lowest BCUT2D eigenvalue weighted by Gasteiger charge is -1.96. The van der Waals surface area contributed by atoms with Crippen molar-refractivity contribution in [3.63, 3.8) is 0 Å². The fourth-order valence-electron chi connectivity index (χ4n) is 1.56. The zero-order valence-electron chi connectivity index (χ0n) is 10.4. The van der Waals surface area contributed by atoms with Gasteiger partial charge in [-0.3, -0.25) is 0 Å². The molecule has 0 bridgehead atoms. The molecule has 0 spiro atoms. The van der Waals surface area contributed by atoms with E-state index in [0.29, 0.717) is 5.75 Å². The van der Waals surface area contributed by atoms with Crippen molar-refractivity contribution in [1.29, 1.82) is 5.26 Å². The molecule has 0 fully saturated rings. The van der Waals surface area contributed by atoms with E-state index >= 15 is 0 Å². The third kappa shape index (κ3) is 3.27. The second kappa shape index (κ2) is 6.25. The Balaban J connectivity index is 2.00. The van der Waals surface area contributed by atoms with Crippen LogP contribution in [-0.2, 0) is 4.79 Å². The minimum atomic E-state index is -1.24. The number of benzene rings is 1. The van der Waals surface area contributed by atoms with E-state index in [-0.39, 0.29) is 12.4 Å². The van der Waals surface area contributed by atoms with Crippen LogP contribution in [0.2, 0.25) is 0 Å². The van der Waals surface area contributed by atoms with Gasteiger partial charge in [0, 0.05) is 0 Å². The molecule has 1 aromatic carbocycles. The van der Waals surface area contributed by atoms with E-state index in [9.17, 15) is 4.79 Å². The number of nitriles is 1. The number of hydrogen-bond donors (Lipinski definition) is 1. The number of fused-ring (bicyclic) bond motifs is 1. The monoisotopic (exact) mass is 269 g/mol. The Kier molecular flexibility index (Phi) is 4.20. The lowest BCUT2D eigenvalue weighted by molar-refractivity contribution is -0.132. The molecule has 0 amide bonds. The number of carboxylic acids is 1. The first-order chi connectivity index (χ1) is 9.70. The van der Waals surface area contributed by atoms with Crippen LogP contribution in [-0.4, -0.2) is 17.9 Å². The van der Waals surface area contributed by atoms with Crippen LogP contribution in [0.3, 0.4) is 0 Å². The predicted molar refractivity (Wildman–Crippen MR) is 72.1 cm³/mol. The number of carbonyl (C=O) groups is 1. The van der Waals surface area contributed by atoms with Gasteiger partial charge in [0.2, 0.25) is 6.79 Å². The summed E-state index contributed by atoms with van der Waals surface area (Å²) in [5.41, 5.74) is 0.624. The third-order valence-corrected chi connectivity index (χ3v) is 2.52. The van der Waals surface area contributed by atoms with Crippen molar-refractivity contribution in [2.75, 3.05) is 6.79 Å². The highest BCUT2D eigenvalue weighted by Crippen LogP contribution is 2.32. The Labute approximate surface area is 115 Å². The lowest BCUT2D eigenvalue weighted by atomic mass is 10.2. The van der Waals surface area contributed by atoms with E-state index < -0.39 is 5.97 Å². The van der Waals surface area contributed by atoms with Crippen molar-refractivity contribution in [2.45, 2.75) is 0 Å². The van der Waals surface area contributed by atoms with Crippen molar-refractivity contribution in [2.24, 2.45) is 0 Å². The molecule has 1 aromatic rings. The van der Waals surface area contributed by atoms with Gasteiger partial charge in [-0.2, -0.15) is 5.26 Å². The predicted octanol–water partition coefficient (Wildman–Crippen LogP) is 2.52. The van der Waals surface area contributed by atoms with Crippen LogP contribution >= 0.6 is 0 Å². The molecule has 1 N–H and O–H groups in total. The molecule has 1 aliphatic rings. The van der Waals surface area contributed by atoms with Gasteiger partial charge in [-0.15, -0.1) is 0 Å². The Morgan fingerprint density at radius 2 is 2.05 bits per heavy atom. The Hall–Kier alpha value is -3.00. The summed E-state index contributed by atoms with van der Waals surface area (Å²) >= 11 is 0. The normalized spacial score (nSPS) is 13.8. The largest absolute Gasteiger partial charge is 0.477 e. The molecule has 2 rings (SSSR count). The standard InChI is InChI=1S/C15H11NO4/c16-9-12(15(17)18)5-3-1-2-4-11-6-7-13-14(8-11)20-10-19-13/h1-8H,10H2,(H,17,18). The van der Waals surface area contributed by atoms with E-state index in [4.69, 9.17) is 19.8 Å². The molecule has 5 nitrogen and oxygen atoms in total. The molecule has 1 aliphatic heterocycles. The maximum Gasteiger partial charge on any atom is 0.346 e. The number of allylic oxidation sites excluding steroid dienone is 4. The Morgan fingerprint density at radius 1 is 1.25 bits per heavy atom. The number of hydrogen-bond acceptors (Lipinski definition) is 4. The highest BCUT2D eigenvalue weighted by Gasteiger charge is 2.11. The minimum Gasteiger partial charge on any atom is -0.477 e. The summed E-state index contributed by atoms with van der Waals surface area (Å²) in [6.07, 6.45) is 7.96. The fraction of sp³-hybridized carbons (Fsp3) is 0.0667. The first-order valence-electron chi connectivity index (χ1n) is 5.79. The van der Waals surface area contributed by atoms with E-state index in [0.717, 1.165) is 11.3 Å². The van der Waals surface area contributed by atoms with Crippen molar-refractivity contribution in [1.82, 2.24) is 0 Å². The van der Waals surface area contributed by atoms with Gasteiger partial charge in [0.1, 0.15) is 11.6 Å².